The molecule has 0 saturated carbocycles. The van der Waals surface area contributed by atoms with E-state index in [9.17, 15) is 27.6 Å². The fraction of sp³-hybridized carbons (Fsp3) is 0.400. The molecular weight excluding hydrogens is 415 g/mol. The van der Waals surface area contributed by atoms with E-state index in [0.717, 1.165) is 16.7 Å². The van der Waals surface area contributed by atoms with E-state index in [-0.39, 0.29) is 23.5 Å². The topological polar surface area (TPSA) is 90.9 Å². The molecule has 3 rings (SSSR count). The average molecular weight is 437 g/mol. The predicted molar refractivity (Wildman–Crippen MR) is 107 cm³/mol. The highest BCUT2D eigenvalue weighted by Gasteiger charge is 2.30. The van der Waals surface area contributed by atoms with Crippen molar-refractivity contribution in [3.63, 3.8) is 0 Å². The van der Waals surface area contributed by atoms with Crippen LogP contribution in [0.3, 0.4) is 0 Å². The molecule has 0 saturated heterocycles. The van der Waals surface area contributed by atoms with E-state index in [1.54, 1.807) is 11.5 Å². The number of amides is 1. The van der Waals surface area contributed by atoms with Crippen LogP contribution in [0.4, 0.5) is 13.2 Å². The van der Waals surface area contributed by atoms with Crippen molar-refractivity contribution in [3.8, 4) is 0 Å². The fourth-order valence-electron chi connectivity index (χ4n) is 3.36. The Kier molecular flexibility index (Phi) is 6.05. The number of nitrogens with one attached hydrogen (secondary N) is 1. The first kappa shape index (κ1) is 22.3. The Balaban J connectivity index is 1.64. The molecule has 0 spiro atoms. The first-order chi connectivity index (χ1) is 14.5. The number of aromatic nitrogens is 4. The third-order valence-corrected chi connectivity index (χ3v) is 5.11. The molecule has 8 nitrogen and oxygen atoms in total. The zero-order valence-electron chi connectivity index (χ0n) is 17.2. The SMILES string of the molecule is CC(NC(=O)CCCn1cnc2c1c(=O)n(C)c(=O)n2C)c1cccc(C(F)(F)F)c1. The van der Waals surface area contributed by atoms with Crippen LogP contribution in [0.5, 0.6) is 0 Å². The number of halogens is 3. The van der Waals surface area contributed by atoms with Crippen molar-refractivity contribution in [1.29, 1.82) is 0 Å². The molecule has 2 heterocycles. The quantitative estimate of drug-likeness (QED) is 0.640. The molecule has 1 unspecified atom stereocenters. The van der Waals surface area contributed by atoms with Gasteiger partial charge in [-0.2, -0.15) is 13.2 Å². The van der Waals surface area contributed by atoms with Gasteiger partial charge in [0.1, 0.15) is 0 Å². The highest BCUT2D eigenvalue weighted by molar-refractivity contribution is 5.76. The second kappa shape index (κ2) is 8.40. The molecule has 1 amide bonds. The van der Waals surface area contributed by atoms with E-state index >= 15 is 0 Å². The van der Waals surface area contributed by atoms with Crippen molar-refractivity contribution in [3.05, 3.63) is 62.6 Å². The number of hydrogen-bond donors (Lipinski definition) is 1. The molecule has 3 aromatic rings. The summed E-state index contributed by atoms with van der Waals surface area (Å²) < 4.78 is 42.5. The first-order valence-electron chi connectivity index (χ1n) is 9.58. The zero-order chi connectivity index (χ0) is 22.9. The van der Waals surface area contributed by atoms with Crippen molar-refractivity contribution in [1.82, 2.24) is 24.0 Å². The van der Waals surface area contributed by atoms with Gasteiger partial charge in [0, 0.05) is 27.1 Å². The van der Waals surface area contributed by atoms with Gasteiger partial charge in [-0.25, -0.2) is 9.78 Å². The molecular formula is C20H22F3N5O3. The summed E-state index contributed by atoms with van der Waals surface area (Å²) in [4.78, 5) is 40.7. The second-order valence-corrected chi connectivity index (χ2v) is 7.33. The standard InChI is InChI=1S/C20H22F3N5O3/c1-12(13-6-4-7-14(10-13)20(21,22)23)25-15(29)8-5-9-28-11-24-17-16(28)18(30)27(3)19(31)26(17)2/h4,6-7,10-12H,5,8-9H2,1-3H3,(H,25,29). The van der Waals surface area contributed by atoms with Gasteiger partial charge in [-0.1, -0.05) is 12.1 Å². The number of carbonyl (C=O) groups is 1. The minimum absolute atomic E-state index is 0.106. The van der Waals surface area contributed by atoms with Gasteiger partial charge in [0.25, 0.3) is 5.56 Å². The highest BCUT2D eigenvalue weighted by atomic mass is 19.4. The van der Waals surface area contributed by atoms with E-state index in [2.05, 4.69) is 10.3 Å². The van der Waals surface area contributed by atoms with Crippen molar-refractivity contribution in [2.24, 2.45) is 14.1 Å². The molecule has 0 aliphatic rings. The number of nitrogens with zero attached hydrogens (tertiary/aromatic N) is 4. The Morgan fingerprint density at radius 1 is 1.19 bits per heavy atom. The van der Waals surface area contributed by atoms with E-state index in [4.69, 9.17) is 0 Å². The van der Waals surface area contributed by atoms with E-state index in [0.29, 0.717) is 18.5 Å². The number of carbonyl (C=O) groups excluding carboxylic acids is 1. The largest absolute Gasteiger partial charge is 0.416 e. The van der Waals surface area contributed by atoms with Crippen LogP contribution in [0.1, 0.15) is 36.9 Å². The Morgan fingerprint density at radius 2 is 1.90 bits per heavy atom. The first-order valence-corrected chi connectivity index (χ1v) is 9.58. The van der Waals surface area contributed by atoms with Gasteiger partial charge in [0.2, 0.25) is 5.91 Å². The number of hydrogen-bond acceptors (Lipinski definition) is 4. The second-order valence-electron chi connectivity index (χ2n) is 7.33. The lowest BCUT2D eigenvalue weighted by Crippen LogP contribution is -2.37. The lowest BCUT2D eigenvalue weighted by molar-refractivity contribution is -0.137. The molecule has 0 bridgehead atoms. The maximum Gasteiger partial charge on any atom is 0.416 e. The maximum absolute atomic E-state index is 12.9. The summed E-state index contributed by atoms with van der Waals surface area (Å²) in [5.74, 6) is -0.324. The monoisotopic (exact) mass is 437 g/mol. The minimum atomic E-state index is -4.45. The Labute approximate surface area is 174 Å². The molecule has 166 valence electrons. The number of rotatable bonds is 6. The van der Waals surface area contributed by atoms with Crippen LogP contribution in [0.15, 0.2) is 40.2 Å². The lowest BCUT2D eigenvalue weighted by atomic mass is 10.0. The van der Waals surface area contributed by atoms with Crippen molar-refractivity contribution in [2.45, 2.75) is 38.5 Å². The fourth-order valence-corrected chi connectivity index (χ4v) is 3.36. The number of benzene rings is 1. The van der Waals surface area contributed by atoms with Crippen LogP contribution in [0.2, 0.25) is 0 Å². The van der Waals surface area contributed by atoms with Gasteiger partial charge in [-0.15, -0.1) is 0 Å². The van der Waals surface area contributed by atoms with Gasteiger partial charge in [-0.3, -0.25) is 18.7 Å². The third kappa shape index (κ3) is 4.54. The van der Waals surface area contributed by atoms with E-state index < -0.39 is 29.0 Å². The number of aryl methyl sites for hydroxylation is 2. The van der Waals surface area contributed by atoms with Gasteiger partial charge >= 0.3 is 11.9 Å². The minimum Gasteiger partial charge on any atom is -0.350 e. The van der Waals surface area contributed by atoms with Crippen molar-refractivity contribution < 1.29 is 18.0 Å². The summed E-state index contributed by atoms with van der Waals surface area (Å²) in [6.07, 6.45) is -2.53. The Hall–Kier alpha value is -3.37. The predicted octanol–water partition coefficient (Wildman–Crippen LogP) is 2.11. The third-order valence-electron chi connectivity index (χ3n) is 5.11. The summed E-state index contributed by atoms with van der Waals surface area (Å²) >= 11 is 0. The molecule has 0 aliphatic carbocycles. The summed E-state index contributed by atoms with van der Waals surface area (Å²) in [7, 11) is 2.90. The smallest absolute Gasteiger partial charge is 0.350 e. The lowest BCUT2D eigenvalue weighted by Gasteiger charge is -2.16. The number of fused-ring (bicyclic) bond motifs is 1. The molecule has 0 fully saturated rings. The van der Waals surface area contributed by atoms with Gasteiger partial charge in [0.15, 0.2) is 11.2 Å². The van der Waals surface area contributed by atoms with Crippen LogP contribution in [0.25, 0.3) is 11.2 Å². The van der Waals surface area contributed by atoms with Crippen LogP contribution in [0, 0.1) is 0 Å². The maximum atomic E-state index is 12.9. The zero-order valence-corrected chi connectivity index (χ0v) is 17.2. The highest BCUT2D eigenvalue weighted by Crippen LogP contribution is 2.30. The van der Waals surface area contributed by atoms with Crippen LogP contribution >= 0.6 is 0 Å². The molecule has 1 aromatic carbocycles. The summed E-state index contributed by atoms with van der Waals surface area (Å²) in [5.41, 5.74) is -0.843. The summed E-state index contributed by atoms with van der Waals surface area (Å²) in [6, 6.07) is 4.23. The van der Waals surface area contributed by atoms with Crippen LogP contribution in [-0.4, -0.2) is 24.6 Å². The summed E-state index contributed by atoms with van der Waals surface area (Å²) in [6.45, 7) is 1.93. The molecule has 1 atom stereocenters. The molecule has 2 aromatic heterocycles. The molecule has 11 heteroatoms. The molecule has 31 heavy (non-hydrogen) atoms. The molecule has 0 aliphatic heterocycles. The molecule has 1 N–H and O–H groups in total. The van der Waals surface area contributed by atoms with Crippen molar-refractivity contribution >= 4 is 17.1 Å². The van der Waals surface area contributed by atoms with Gasteiger partial charge in [0.05, 0.1) is 17.9 Å². The van der Waals surface area contributed by atoms with Crippen LogP contribution < -0.4 is 16.6 Å². The Bertz CT molecular complexity index is 1240. The average Bonchev–Trinajstić information content (AvgIpc) is 3.14. The summed E-state index contributed by atoms with van der Waals surface area (Å²) in [5, 5.41) is 2.69. The van der Waals surface area contributed by atoms with E-state index in [1.807, 2.05) is 0 Å². The number of alkyl halides is 3. The molecule has 0 radical (unpaired) electrons. The van der Waals surface area contributed by atoms with E-state index in [1.165, 1.54) is 37.1 Å². The van der Waals surface area contributed by atoms with Crippen LogP contribution in [-0.2, 0) is 31.6 Å². The van der Waals surface area contributed by atoms with Crippen molar-refractivity contribution in [2.75, 3.05) is 0 Å². The number of imidazole rings is 1. The normalized spacial score (nSPS) is 12.8. The van der Waals surface area contributed by atoms with Gasteiger partial charge < -0.3 is 9.88 Å². The van der Waals surface area contributed by atoms with Gasteiger partial charge in [-0.05, 0) is 31.0 Å². The Morgan fingerprint density at radius 3 is 2.58 bits per heavy atom.